The SMILES string of the molecule is CC(N)Cc1ccc(-c2ccc(Br)cc2Cl)o1. The number of benzene rings is 1. The second-order valence-corrected chi connectivity index (χ2v) is 5.39. The summed E-state index contributed by atoms with van der Waals surface area (Å²) in [5.41, 5.74) is 6.62. The summed E-state index contributed by atoms with van der Waals surface area (Å²) in [7, 11) is 0. The Morgan fingerprint density at radius 3 is 2.76 bits per heavy atom. The molecule has 2 aromatic rings. The monoisotopic (exact) mass is 313 g/mol. The number of halogens is 2. The highest BCUT2D eigenvalue weighted by Gasteiger charge is 2.09. The van der Waals surface area contributed by atoms with E-state index in [9.17, 15) is 0 Å². The maximum atomic E-state index is 6.16. The maximum Gasteiger partial charge on any atom is 0.135 e. The van der Waals surface area contributed by atoms with Crippen molar-refractivity contribution in [2.45, 2.75) is 19.4 Å². The van der Waals surface area contributed by atoms with E-state index < -0.39 is 0 Å². The lowest BCUT2D eigenvalue weighted by Crippen LogP contribution is -2.17. The lowest BCUT2D eigenvalue weighted by Gasteiger charge is -2.03. The predicted octanol–water partition coefficient (Wildman–Crippen LogP) is 4.25. The normalized spacial score (nSPS) is 12.7. The van der Waals surface area contributed by atoms with Gasteiger partial charge in [-0.1, -0.05) is 27.5 Å². The van der Waals surface area contributed by atoms with Crippen LogP contribution in [0, 0.1) is 0 Å². The molecule has 0 bridgehead atoms. The summed E-state index contributed by atoms with van der Waals surface area (Å²) in [6, 6.07) is 9.68. The van der Waals surface area contributed by atoms with E-state index in [4.69, 9.17) is 21.8 Å². The van der Waals surface area contributed by atoms with Crippen molar-refractivity contribution < 1.29 is 4.42 Å². The van der Waals surface area contributed by atoms with Crippen molar-refractivity contribution >= 4 is 27.5 Å². The van der Waals surface area contributed by atoms with Gasteiger partial charge in [-0.25, -0.2) is 0 Å². The van der Waals surface area contributed by atoms with Gasteiger partial charge in [0.05, 0.1) is 5.02 Å². The Balaban J connectivity index is 2.30. The Morgan fingerprint density at radius 1 is 1.35 bits per heavy atom. The third-order valence-electron chi connectivity index (χ3n) is 2.38. The predicted molar refractivity (Wildman–Crippen MR) is 74.2 cm³/mol. The summed E-state index contributed by atoms with van der Waals surface area (Å²) in [5, 5.41) is 0.668. The summed E-state index contributed by atoms with van der Waals surface area (Å²) in [6.45, 7) is 1.95. The quantitative estimate of drug-likeness (QED) is 0.919. The maximum absolute atomic E-state index is 6.16. The molecule has 1 aromatic heterocycles. The van der Waals surface area contributed by atoms with Gasteiger partial charge < -0.3 is 10.2 Å². The minimum Gasteiger partial charge on any atom is -0.461 e. The van der Waals surface area contributed by atoms with Gasteiger partial charge >= 0.3 is 0 Å². The second kappa shape index (κ2) is 5.25. The van der Waals surface area contributed by atoms with E-state index in [1.807, 2.05) is 37.3 Å². The molecule has 1 atom stereocenters. The van der Waals surface area contributed by atoms with Gasteiger partial charge in [0, 0.05) is 22.5 Å². The first-order chi connectivity index (χ1) is 8.06. The number of furan rings is 1. The minimum absolute atomic E-state index is 0.0920. The Kier molecular flexibility index (Phi) is 3.92. The average Bonchev–Trinajstić information content (AvgIpc) is 2.65. The van der Waals surface area contributed by atoms with Crippen LogP contribution >= 0.6 is 27.5 Å². The van der Waals surface area contributed by atoms with Crippen molar-refractivity contribution in [2.75, 3.05) is 0 Å². The van der Waals surface area contributed by atoms with Gasteiger partial charge in [0.25, 0.3) is 0 Å². The van der Waals surface area contributed by atoms with E-state index in [2.05, 4.69) is 15.9 Å². The molecule has 2 N–H and O–H groups in total. The summed E-state index contributed by atoms with van der Waals surface area (Å²) in [4.78, 5) is 0. The molecule has 4 heteroatoms. The third-order valence-corrected chi connectivity index (χ3v) is 3.19. The first kappa shape index (κ1) is 12.7. The molecule has 2 nitrogen and oxygen atoms in total. The first-order valence-electron chi connectivity index (χ1n) is 5.36. The van der Waals surface area contributed by atoms with Gasteiger partial charge in [-0.3, -0.25) is 0 Å². The highest BCUT2D eigenvalue weighted by Crippen LogP contribution is 2.31. The van der Waals surface area contributed by atoms with Gasteiger partial charge in [-0.05, 0) is 37.3 Å². The van der Waals surface area contributed by atoms with Crippen molar-refractivity contribution in [3.8, 4) is 11.3 Å². The van der Waals surface area contributed by atoms with Crippen LogP contribution in [0.4, 0.5) is 0 Å². The molecule has 17 heavy (non-hydrogen) atoms. The van der Waals surface area contributed by atoms with Gasteiger partial charge in [0.1, 0.15) is 11.5 Å². The van der Waals surface area contributed by atoms with Crippen molar-refractivity contribution in [3.63, 3.8) is 0 Å². The molecule has 90 valence electrons. The first-order valence-corrected chi connectivity index (χ1v) is 6.53. The van der Waals surface area contributed by atoms with E-state index in [1.54, 1.807) is 0 Å². The number of nitrogens with two attached hydrogens (primary N) is 1. The molecule has 0 radical (unpaired) electrons. The van der Waals surface area contributed by atoms with Crippen LogP contribution in [0.25, 0.3) is 11.3 Å². The molecule has 0 aliphatic heterocycles. The van der Waals surface area contributed by atoms with Gasteiger partial charge in [0.2, 0.25) is 0 Å². The molecule has 1 heterocycles. The zero-order chi connectivity index (χ0) is 12.4. The van der Waals surface area contributed by atoms with Crippen LogP contribution in [-0.4, -0.2) is 6.04 Å². The largest absolute Gasteiger partial charge is 0.461 e. The average molecular weight is 315 g/mol. The van der Waals surface area contributed by atoms with Crippen LogP contribution in [0.1, 0.15) is 12.7 Å². The van der Waals surface area contributed by atoms with E-state index in [-0.39, 0.29) is 6.04 Å². The highest BCUT2D eigenvalue weighted by molar-refractivity contribution is 9.10. The van der Waals surface area contributed by atoms with E-state index in [0.717, 1.165) is 28.0 Å². The van der Waals surface area contributed by atoms with Gasteiger partial charge in [0.15, 0.2) is 0 Å². The molecule has 0 amide bonds. The topological polar surface area (TPSA) is 39.2 Å². The molecule has 0 aliphatic carbocycles. The van der Waals surface area contributed by atoms with Crippen molar-refractivity contribution in [2.24, 2.45) is 5.73 Å². The number of rotatable bonds is 3. The molecule has 1 unspecified atom stereocenters. The van der Waals surface area contributed by atoms with Crippen LogP contribution < -0.4 is 5.73 Å². The molecular weight excluding hydrogens is 302 g/mol. The van der Waals surface area contributed by atoms with E-state index >= 15 is 0 Å². The van der Waals surface area contributed by atoms with Crippen molar-refractivity contribution in [1.29, 1.82) is 0 Å². The molecule has 0 saturated heterocycles. The minimum atomic E-state index is 0.0920. The van der Waals surface area contributed by atoms with Crippen LogP contribution in [0.15, 0.2) is 39.2 Å². The molecule has 0 saturated carbocycles. The zero-order valence-corrected chi connectivity index (χ0v) is 11.8. The fourth-order valence-corrected chi connectivity index (χ4v) is 2.41. The highest BCUT2D eigenvalue weighted by atomic mass is 79.9. The summed E-state index contributed by atoms with van der Waals surface area (Å²) >= 11 is 9.54. The van der Waals surface area contributed by atoms with E-state index in [1.165, 1.54) is 0 Å². The molecule has 0 fully saturated rings. The van der Waals surface area contributed by atoms with Crippen LogP contribution in [-0.2, 0) is 6.42 Å². The fraction of sp³-hybridized carbons (Fsp3) is 0.231. The Bertz CT molecular complexity index is 522. The van der Waals surface area contributed by atoms with Crippen molar-refractivity contribution in [3.05, 3.63) is 45.6 Å². The van der Waals surface area contributed by atoms with Gasteiger partial charge in [-0.15, -0.1) is 0 Å². The summed E-state index contributed by atoms with van der Waals surface area (Å²) < 4.78 is 6.67. The third kappa shape index (κ3) is 3.12. The van der Waals surface area contributed by atoms with Crippen LogP contribution in [0.2, 0.25) is 5.02 Å². The van der Waals surface area contributed by atoms with E-state index in [0.29, 0.717) is 5.02 Å². The van der Waals surface area contributed by atoms with Crippen LogP contribution in [0.5, 0.6) is 0 Å². The standard InChI is InChI=1S/C13H13BrClNO/c1-8(16)6-10-3-5-13(17-10)11-4-2-9(14)7-12(11)15/h2-5,7-8H,6,16H2,1H3. The molecule has 0 aliphatic rings. The molecule has 0 spiro atoms. The Morgan fingerprint density at radius 2 is 2.12 bits per heavy atom. The smallest absolute Gasteiger partial charge is 0.135 e. The lowest BCUT2D eigenvalue weighted by molar-refractivity contribution is 0.503. The molecular formula is C13H13BrClNO. The van der Waals surface area contributed by atoms with Crippen molar-refractivity contribution in [1.82, 2.24) is 0 Å². The fourth-order valence-electron chi connectivity index (χ4n) is 1.64. The molecule has 1 aromatic carbocycles. The number of hydrogen-bond donors (Lipinski definition) is 1. The Labute approximate surface area is 114 Å². The zero-order valence-electron chi connectivity index (χ0n) is 9.41. The molecule has 2 rings (SSSR count). The van der Waals surface area contributed by atoms with Crippen LogP contribution in [0.3, 0.4) is 0 Å². The second-order valence-electron chi connectivity index (χ2n) is 4.07. The summed E-state index contributed by atoms with van der Waals surface area (Å²) in [6.07, 6.45) is 0.730. The lowest BCUT2D eigenvalue weighted by atomic mass is 10.2. The summed E-state index contributed by atoms with van der Waals surface area (Å²) in [5.74, 6) is 1.66. The Hall–Kier alpha value is -0.770. The van der Waals surface area contributed by atoms with Gasteiger partial charge in [-0.2, -0.15) is 0 Å². The number of hydrogen-bond acceptors (Lipinski definition) is 2.